The largest absolute Gasteiger partial charge is 0.508 e. The molecule has 7 rings (SSSR count). The van der Waals surface area contributed by atoms with E-state index in [2.05, 4.69) is 78.8 Å². The molecular formula is C63H91N15O20. The molecule has 4 aliphatic rings. The highest BCUT2D eigenvalue weighted by atomic mass is 16.6. The Bertz CT molecular complexity index is 3220. The maximum Gasteiger partial charge on any atom is 0.308 e. The number of hydrogen-bond acceptors (Lipinski definition) is 27. The number of rotatable bonds is 27. The number of guanidine groups is 3. The molecule has 35 nitrogen and oxygen atoms in total. The fourth-order valence-corrected chi connectivity index (χ4v) is 9.93. The Morgan fingerprint density at radius 3 is 1.14 bits per heavy atom. The molecule has 4 aliphatic heterocycles. The van der Waals surface area contributed by atoms with Gasteiger partial charge in [-0.3, -0.25) is 58.1 Å². The second-order valence-corrected chi connectivity index (χ2v) is 24.9. The number of carboxylic acids is 2. The van der Waals surface area contributed by atoms with E-state index in [4.69, 9.17) is 14.9 Å². The molecule has 0 bridgehead atoms. The SMILES string of the molecule is CC(C)CC(O)C(CC(=O)O)NC(=O)CNC(=O)c1cc(O)cc(NC2=NCC(O)CN2)c1.CC(C)CC(O)C(CC(=O)O)NC(=O)CNC(=O)c1cc(O)cc(NC2=NCC(O)CN2)c1.CC(C)CC1OC(=O)CC1NC(=O)CNC(=O)c1cc(O)cc(NC2=NCC(O)CN2)c1. The molecule has 0 spiro atoms. The molecule has 6 amide bonds. The first-order chi connectivity index (χ1) is 46.2. The number of aromatic hydroxyl groups is 3. The Morgan fingerprint density at radius 2 is 0.847 bits per heavy atom. The van der Waals surface area contributed by atoms with Crippen molar-refractivity contribution in [3.63, 3.8) is 0 Å². The molecule has 0 aliphatic carbocycles. The van der Waals surface area contributed by atoms with Crippen LogP contribution in [-0.2, 0) is 33.5 Å². The van der Waals surface area contributed by atoms with E-state index in [0.717, 1.165) is 0 Å². The number of anilines is 3. The molecule has 98 heavy (non-hydrogen) atoms. The number of esters is 1. The van der Waals surface area contributed by atoms with Gasteiger partial charge in [-0.2, -0.15) is 0 Å². The number of phenolic OH excluding ortho intramolecular Hbond substituents is 3. The van der Waals surface area contributed by atoms with Crippen LogP contribution < -0.4 is 63.8 Å². The van der Waals surface area contributed by atoms with Crippen LogP contribution in [-0.4, -0.2) is 236 Å². The van der Waals surface area contributed by atoms with Crippen molar-refractivity contribution in [3.05, 3.63) is 71.3 Å². The number of β-amino-alcohol motifs (C(OH)–C–C–N with tert-alkyl or cyclic N) is 3. The van der Waals surface area contributed by atoms with Crippen LogP contribution >= 0.6 is 0 Å². The standard InChI is InChI=1S/2C21H31N5O7.C21H29N5O6/c2*1-11(2)3-17(29)16(7-19(31)32)26-18(30)10-22-20(33)12-4-13(6-14(27)5-12)25-21-23-8-15(28)9-24-21;1-11(2)3-17-16(7-19(30)32-17)26-18(29)10-22-20(31)12-4-13(6-14(27)5-12)25-21-23-8-15(28)9-24-21/h2*4-6,11,15-17,27-29H,3,7-10H2,1-2H3,(H,22,33)(H,26,30)(H,31,32)(H2,23,24,25);4-6,11,15-17,27-28H,3,7-10H2,1-2H3,(H,22,31)(H,26,29)(H2,23,24,25). The van der Waals surface area contributed by atoms with Gasteiger partial charge in [-0.15, -0.1) is 0 Å². The average Bonchev–Trinajstić information content (AvgIpc) is 1.23. The van der Waals surface area contributed by atoms with Crippen LogP contribution in [0.2, 0.25) is 0 Å². The highest BCUT2D eigenvalue weighted by molar-refractivity contribution is 6.02. The molecule has 22 N–H and O–H groups in total. The lowest BCUT2D eigenvalue weighted by Gasteiger charge is -2.24. The summed E-state index contributed by atoms with van der Waals surface area (Å²) in [4.78, 5) is 120. The van der Waals surface area contributed by atoms with E-state index >= 15 is 0 Å². The molecule has 1 saturated heterocycles. The van der Waals surface area contributed by atoms with E-state index in [0.29, 0.717) is 79.8 Å². The van der Waals surface area contributed by atoms with Gasteiger partial charge < -0.3 is 120 Å². The minimum atomic E-state index is -1.17. The van der Waals surface area contributed by atoms with Crippen LogP contribution in [0.15, 0.2) is 69.6 Å². The molecule has 0 aromatic heterocycles. The molecule has 35 heteroatoms. The highest BCUT2D eigenvalue weighted by Gasteiger charge is 2.36. The van der Waals surface area contributed by atoms with Gasteiger partial charge in [0.25, 0.3) is 17.7 Å². The molecule has 9 unspecified atom stereocenters. The molecule has 4 heterocycles. The molecule has 3 aromatic carbocycles. The Morgan fingerprint density at radius 1 is 0.510 bits per heavy atom. The number of aliphatic imine (C=N–C) groups is 3. The number of hydrogen-bond donors (Lipinski definition) is 22. The van der Waals surface area contributed by atoms with Gasteiger partial charge in [0.05, 0.1) is 107 Å². The fraction of sp³-hybridized carbons (Fsp3) is 0.524. The molecule has 538 valence electrons. The predicted molar refractivity (Wildman–Crippen MR) is 356 cm³/mol. The summed E-state index contributed by atoms with van der Waals surface area (Å²) >= 11 is 0. The van der Waals surface area contributed by atoms with Crippen LogP contribution in [0.5, 0.6) is 17.2 Å². The minimum Gasteiger partial charge on any atom is -0.508 e. The number of carbonyl (C=O) groups excluding carboxylic acids is 7. The number of nitrogens with one attached hydrogen (secondary N) is 12. The van der Waals surface area contributed by atoms with E-state index in [-0.39, 0.29) is 90.4 Å². The summed E-state index contributed by atoms with van der Waals surface area (Å²) in [5.41, 5.74) is 1.44. The summed E-state index contributed by atoms with van der Waals surface area (Å²) in [5.74, 6) is -5.13. The van der Waals surface area contributed by atoms with Crippen molar-refractivity contribution in [2.24, 2.45) is 32.7 Å². The van der Waals surface area contributed by atoms with Crippen molar-refractivity contribution in [3.8, 4) is 17.2 Å². The summed E-state index contributed by atoms with van der Waals surface area (Å²) in [5, 5.41) is 129. The zero-order chi connectivity index (χ0) is 72.3. The predicted octanol–water partition coefficient (Wildman–Crippen LogP) is -1.86. The Hall–Kier alpha value is -10.1. The molecule has 3 aromatic rings. The van der Waals surface area contributed by atoms with Crippen molar-refractivity contribution in [2.45, 2.75) is 135 Å². The van der Waals surface area contributed by atoms with Crippen LogP contribution in [0.4, 0.5) is 17.1 Å². The van der Waals surface area contributed by atoms with Gasteiger partial charge in [0, 0.05) is 71.6 Å². The third-order valence-corrected chi connectivity index (χ3v) is 14.5. The zero-order valence-electron chi connectivity index (χ0n) is 55.1. The van der Waals surface area contributed by atoms with Crippen LogP contribution in [0.25, 0.3) is 0 Å². The van der Waals surface area contributed by atoms with Crippen LogP contribution in [0.1, 0.15) is 111 Å². The number of amides is 6. The molecule has 9 atom stereocenters. The number of aliphatic hydroxyl groups is 5. The summed E-state index contributed by atoms with van der Waals surface area (Å²) in [6.45, 7) is 11.9. The second kappa shape index (κ2) is 38.6. The third kappa shape index (κ3) is 28.7. The number of carboxylic acid groups (broad SMARTS) is 2. The maximum atomic E-state index is 12.5. The Balaban J connectivity index is 0.000000265. The maximum absolute atomic E-state index is 12.5. The normalized spacial score (nSPS) is 19.1. The van der Waals surface area contributed by atoms with E-state index < -0.39 is 122 Å². The highest BCUT2D eigenvalue weighted by Crippen LogP contribution is 2.25. The van der Waals surface area contributed by atoms with Gasteiger partial charge in [-0.05, 0) is 73.4 Å². The smallest absolute Gasteiger partial charge is 0.308 e. The van der Waals surface area contributed by atoms with Gasteiger partial charge in [-0.25, -0.2) is 0 Å². The number of aliphatic carboxylic acids is 2. The van der Waals surface area contributed by atoms with Gasteiger partial charge in [0.1, 0.15) is 23.4 Å². The number of cyclic esters (lactones) is 1. The zero-order valence-corrected chi connectivity index (χ0v) is 55.1. The summed E-state index contributed by atoms with van der Waals surface area (Å²) in [7, 11) is 0. The monoisotopic (exact) mass is 1380 g/mol. The number of nitrogens with zero attached hydrogens (tertiary/aromatic N) is 3. The first-order valence-electron chi connectivity index (χ1n) is 31.7. The van der Waals surface area contributed by atoms with E-state index in [1.807, 2.05) is 41.5 Å². The van der Waals surface area contributed by atoms with Crippen LogP contribution in [0.3, 0.4) is 0 Å². The molecular weight excluding hydrogens is 1290 g/mol. The first kappa shape index (κ1) is 78.6. The van der Waals surface area contributed by atoms with Gasteiger partial charge in [0.2, 0.25) is 17.7 Å². The Kier molecular flexibility index (Phi) is 31.0. The summed E-state index contributed by atoms with van der Waals surface area (Å²) in [6.07, 6.45) is -3.75. The Labute approximate surface area is 564 Å². The van der Waals surface area contributed by atoms with E-state index in [9.17, 15) is 84.0 Å². The van der Waals surface area contributed by atoms with Crippen molar-refractivity contribution in [1.29, 1.82) is 0 Å². The number of carbonyl (C=O) groups is 9. The lowest BCUT2D eigenvalue weighted by Crippen LogP contribution is -2.48. The lowest BCUT2D eigenvalue weighted by atomic mass is 9.98. The van der Waals surface area contributed by atoms with Gasteiger partial charge in [-0.1, -0.05) is 41.5 Å². The summed E-state index contributed by atoms with van der Waals surface area (Å²) < 4.78 is 5.27. The van der Waals surface area contributed by atoms with Crippen molar-refractivity contribution >= 4 is 88.3 Å². The topological polar surface area (TPSA) is 547 Å². The van der Waals surface area contributed by atoms with E-state index in [1.165, 1.54) is 54.6 Å². The number of phenols is 3. The van der Waals surface area contributed by atoms with Crippen LogP contribution in [0, 0.1) is 17.8 Å². The average molecular weight is 1380 g/mol. The number of aliphatic hydroxyl groups excluding tert-OH is 5. The first-order valence-corrected chi connectivity index (χ1v) is 31.7. The quantitative estimate of drug-likeness (QED) is 0.0372. The van der Waals surface area contributed by atoms with Gasteiger partial charge in [0.15, 0.2) is 17.9 Å². The van der Waals surface area contributed by atoms with Crippen molar-refractivity contribution in [2.75, 3.05) is 74.9 Å². The summed E-state index contributed by atoms with van der Waals surface area (Å²) in [6, 6.07) is 9.89. The molecule has 1 fully saturated rings. The third-order valence-electron chi connectivity index (χ3n) is 14.5. The van der Waals surface area contributed by atoms with E-state index in [1.54, 1.807) is 0 Å². The fourth-order valence-electron chi connectivity index (χ4n) is 9.93. The molecule has 0 saturated carbocycles. The lowest BCUT2D eigenvalue weighted by molar-refractivity contribution is -0.142. The van der Waals surface area contributed by atoms with Crippen molar-refractivity contribution in [1.82, 2.24) is 47.9 Å². The van der Waals surface area contributed by atoms with Crippen molar-refractivity contribution < 1.29 is 99.0 Å². The van der Waals surface area contributed by atoms with Gasteiger partial charge >= 0.3 is 17.9 Å². The number of benzene rings is 3. The second-order valence-electron chi connectivity index (χ2n) is 24.9. The minimum absolute atomic E-state index is 0.0728. The molecule has 0 radical (unpaired) electrons. The number of ether oxygens (including phenoxy) is 1.